The Kier molecular flexibility index (Phi) is 15.8. The summed E-state index contributed by atoms with van der Waals surface area (Å²) in [6.07, 6.45) is -1.04. The maximum Gasteiger partial charge on any atom is 0.326 e. The van der Waals surface area contributed by atoms with Crippen LogP contribution in [0.2, 0.25) is 0 Å². The van der Waals surface area contributed by atoms with Gasteiger partial charge in [0.15, 0.2) is 5.96 Å². The van der Waals surface area contributed by atoms with E-state index in [9.17, 15) is 44.4 Å². The van der Waals surface area contributed by atoms with E-state index in [2.05, 4.69) is 38.9 Å². The van der Waals surface area contributed by atoms with E-state index < -0.39 is 79.1 Å². The fourth-order valence-corrected chi connectivity index (χ4v) is 2.90. The van der Waals surface area contributed by atoms with Crippen molar-refractivity contribution >= 4 is 48.2 Å². The third kappa shape index (κ3) is 12.6. The molecule has 0 radical (unpaired) electrons. The number of aliphatic hydroxyl groups excluding tert-OH is 3. The van der Waals surface area contributed by atoms with Gasteiger partial charge in [0.25, 0.3) is 0 Å². The van der Waals surface area contributed by atoms with E-state index in [1.807, 2.05) is 0 Å². The summed E-state index contributed by atoms with van der Waals surface area (Å²) in [5.74, 6) is -5.72. The van der Waals surface area contributed by atoms with Gasteiger partial charge in [-0.2, -0.15) is 12.6 Å². The fraction of sp³-hybridized carbons (Fsp3) is 0.684. The molecular weight excluding hydrogens is 516 g/mol. The molecule has 4 amide bonds. The van der Waals surface area contributed by atoms with Crippen molar-refractivity contribution in [1.29, 1.82) is 0 Å². The van der Waals surface area contributed by atoms with Crippen molar-refractivity contribution in [3.8, 4) is 0 Å². The van der Waals surface area contributed by atoms with Gasteiger partial charge >= 0.3 is 5.97 Å². The smallest absolute Gasteiger partial charge is 0.326 e. The molecule has 37 heavy (non-hydrogen) atoms. The predicted molar refractivity (Wildman–Crippen MR) is 133 cm³/mol. The first kappa shape index (κ1) is 33.8. The number of carbonyl (C=O) groups excluding carboxylic acids is 4. The quantitative estimate of drug-likeness (QED) is 0.0347. The lowest BCUT2D eigenvalue weighted by molar-refractivity contribution is -0.142. The van der Waals surface area contributed by atoms with Crippen molar-refractivity contribution in [3.63, 3.8) is 0 Å². The van der Waals surface area contributed by atoms with Crippen LogP contribution in [0.3, 0.4) is 0 Å². The summed E-state index contributed by atoms with van der Waals surface area (Å²) in [5, 5.41) is 46.3. The van der Waals surface area contributed by atoms with Gasteiger partial charge in [0, 0.05) is 12.3 Å². The number of hydrogen-bond acceptors (Lipinski definition) is 11. The molecule has 0 aliphatic heterocycles. The van der Waals surface area contributed by atoms with Crippen molar-refractivity contribution in [2.45, 2.75) is 56.1 Å². The lowest BCUT2D eigenvalue weighted by Gasteiger charge is -2.24. The second-order valence-corrected chi connectivity index (χ2v) is 8.21. The van der Waals surface area contributed by atoms with Crippen LogP contribution in [0.15, 0.2) is 4.99 Å². The van der Waals surface area contributed by atoms with E-state index in [-0.39, 0.29) is 31.1 Å². The van der Waals surface area contributed by atoms with Crippen LogP contribution in [0, 0.1) is 0 Å². The Morgan fingerprint density at radius 3 is 1.68 bits per heavy atom. The Hall–Kier alpha value is -3.19. The number of nitrogens with two attached hydrogens (primary N) is 3. The molecule has 0 fully saturated rings. The fourth-order valence-electron chi connectivity index (χ4n) is 2.65. The van der Waals surface area contributed by atoms with E-state index in [1.165, 1.54) is 6.92 Å². The van der Waals surface area contributed by atoms with E-state index >= 15 is 0 Å². The van der Waals surface area contributed by atoms with Crippen LogP contribution in [0.5, 0.6) is 0 Å². The zero-order chi connectivity index (χ0) is 28.7. The Balaban J connectivity index is 5.15. The second kappa shape index (κ2) is 17.3. The summed E-state index contributed by atoms with van der Waals surface area (Å²) in [5.41, 5.74) is 15.8. The minimum Gasteiger partial charge on any atom is -0.480 e. The number of nitrogens with zero attached hydrogens (tertiary/aromatic N) is 1. The van der Waals surface area contributed by atoms with Crippen LogP contribution >= 0.6 is 12.6 Å². The van der Waals surface area contributed by atoms with Gasteiger partial charge in [-0.05, 0) is 19.8 Å². The molecular formula is C19H36N8O9S. The van der Waals surface area contributed by atoms with Crippen LogP contribution < -0.4 is 38.5 Å². The number of carboxylic acids is 1. The summed E-state index contributed by atoms with van der Waals surface area (Å²) in [4.78, 5) is 64.6. The largest absolute Gasteiger partial charge is 0.480 e. The van der Waals surface area contributed by atoms with Gasteiger partial charge in [-0.15, -0.1) is 0 Å². The number of guanidine groups is 1. The molecule has 0 aromatic rings. The maximum absolute atomic E-state index is 12.6. The van der Waals surface area contributed by atoms with E-state index in [1.54, 1.807) is 0 Å². The highest BCUT2D eigenvalue weighted by atomic mass is 32.1. The van der Waals surface area contributed by atoms with Crippen LogP contribution in [-0.2, 0) is 24.0 Å². The van der Waals surface area contributed by atoms with Crippen LogP contribution in [0.1, 0.15) is 19.8 Å². The van der Waals surface area contributed by atoms with Gasteiger partial charge in [0.1, 0.15) is 30.2 Å². The molecule has 0 unspecified atom stereocenters. The Labute approximate surface area is 218 Å². The maximum atomic E-state index is 12.6. The first-order valence-corrected chi connectivity index (χ1v) is 11.7. The highest BCUT2D eigenvalue weighted by Gasteiger charge is 2.31. The highest BCUT2D eigenvalue weighted by molar-refractivity contribution is 7.80. The van der Waals surface area contributed by atoms with E-state index in [4.69, 9.17) is 17.2 Å². The van der Waals surface area contributed by atoms with Crippen molar-refractivity contribution < 1.29 is 44.4 Å². The molecule has 212 valence electrons. The number of carboxylic acid groups (broad SMARTS) is 1. The van der Waals surface area contributed by atoms with Gasteiger partial charge in [-0.25, -0.2) is 4.79 Å². The molecule has 14 N–H and O–H groups in total. The number of aliphatic carboxylic acids is 1. The average molecular weight is 553 g/mol. The summed E-state index contributed by atoms with van der Waals surface area (Å²) >= 11 is 3.97. The van der Waals surface area contributed by atoms with Crippen molar-refractivity contribution in [3.05, 3.63) is 0 Å². The number of thiol groups is 1. The lowest BCUT2D eigenvalue weighted by Crippen LogP contribution is -2.60. The molecule has 0 aromatic heterocycles. The van der Waals surface area contributed by atoms with Gasteiger partial charge in [-0.3, -0.25) is 24.2 Å². The van der Waals surface area contributed by atoms with Crippen LogP contribution in [0.4, 0.5) is 0 Å². The molecule has 0 heterocycles. The molecule has 0 aliphatic rings. The number of rotatable bonds is 17. The predicted octanol–water partition coefficient (Wildman–Crippen LogP) is -6.31. The molecule has 0 spiro atoms. The minimum atomic E-state index is -1.62. The van der Waals surface area contributed by atoms with E-state index in [0.29, 0.717) is 0 Å². The van der Waals surface area contributed by atoms with Gasteiger partial charge in [-0.1, -0.05) is 0 Å². The molecule has 6 atom stereocenters. The molecule has 0 bridgehead atoms. The summed E-state index contributed by atoms with van der Waals surface area (Å²) in [7, 11) is 0. The third-order valence-corrected chi connectivity index (χ3v) is 5.19. The topological polar surface area (TPSA) is 305 Å². The number of aliphatic imine (C=N–C) groups is 1. The number of carbonyl (C=O) groups is 5. The third-order valence-electron chi connectivity index (χ3n) is 4.83. The van der Waals surface area contributed by atoms with Crippen molar-refractivity contribution in [2.24, 2.45) is 22.2 Å². The molecule has 0 aromatic carbocycles. The number of hydrogen-bond donors (Lipinski definition) is 12. The molecule has 17 nitrogen and oxygen atoms in total. The zero-order valence-electron chi connectivity index (χ0n) is 20.2. The molecule has 0 rings (SSSR count). The molecule has 18 heteroatoms. The van der Waals surface area contributed by atoms with Gasteiger partial charge in [0.05, 0.1) is 19.3 Å². The molecule has 0 saturated heterocycles. The van der Waals surface area contributed by atoms with E-state index in [0.717, 1.165) is 0 Å². The van der Waals surface area contributed by atoms with Crippen molar-refractivity contribution in [2.75, 3.05) is 25.5 Å². The second-order valence-electron chi connectivity index (χ2n) is 7.85. The van der Waals surface area contributed by atoms with Crippen LogP contribution in [-0.4, -0.2) is 118 Å². The Morgan fingerprint density at radius 2 is 1.27 bits per heavy atom. The van der Waals surface area contributed by atoms with Gasteiger partial charge < -0.3 is 58.9 Å². The van der Waals surface area contributed by atoms with Crippen molar-refractivity contribution in [1.82, 2.24) is 21.3 Å². The normalized spacial score (nSPS) is 15.6. The zero-order valence-corrected chi connectivity index (χ0v) is 21.1. The number of aliphatic hydroxyl groups is 3. The standard InChI is InChI=1S/C19H36N8O9S/c1-8(30)13(20)17(34)26-11(6-29)14(31)25-10(5-28)15(32)27-12(7-37)16(33)24-9(18(35)36)3-2-4-23-19(21)22/h8-13,28-30,37H,2-7,20H2,1H3,(H,24,33)(H,25,31)(H,26,34)(H,27,32)(H,35,36)(H4,21,22,23)/t8-,9+,10+,11-,12-,13+/m1/s1. The lowest BCUT2D eigenvalue weighted by atomic mass is 10.1. The summed E-state index contributed by atoms with van der Waals surface area (Å²) in [6.45, 7) is -0.456. The SMILES string of the molecule is C[C@@H](O)[C@H](N)C(=O)N[C@H](CO)C(=O)N[C@@H](CO)C(=O)N[C@H](CS)C(=O)N[C@@H](CCCN=C(N)N)C(=O)O. The van der Waals surface area contributed by atoms with Gasteiger partial charge in [0.2, 0.25) is 23.6 Å². The van der Waals surface area contributed by atoms with Crippen LogP contribution in [0.25, 0.3) is 0 Å². The summed E-state index contributed by atoms with van der Waals surface area (Å²) < 4.78 is 0. The average Bonchev–Trinajstić information content (AvgIpc) is 2.84. The first-order chi connectivity index (χ1) is 17.3. The number of nitrogens with one attached hydrogen (secondary N) is 4. The monoisotopic (exact) mass is 552 g/mol. The minimum absolute atomic E-state index is 0.0204. The highest BCUT2D eigenvalue weighted by Crippen LogP contribution is 2.01. The first-order valence-electron chi connectivity index (χ1n) is 11.0. The summed E-state index contributed by atoms with van der Waals surface area (Å²) in [6, 6.07) is -7.25. The number of amides is 4. The Morgan fingerprint density at radius 1 is 0.838 bits per heavy atom. The molecule has 0 aliphatic carbocycles. The Bertz CT molecular complexity index is 825. The molecule has 0 saturated carbocycles.